The summed E-state index contributed by atoms with van der Waals surface area (Å²) in [4.78, 5) is 13.0. The minimum absolute atomic E-state index is 0.188. The lowest BCUT2D eigenvalue weighted by atomic mass is 9.95. The van der Waals surface area contributed by atoms with Gasteiger partial charge < -0.3 is 10.2 Å². The summed E-state index contributed by atoms with van der Waals surface area (Å²) in [7, 11) is 3.62. The smallest absolute Gasteiger partial charge is 0.236 e. The summed E-state index contributed by atoms with van der Waals surface area (Å²) in [6.07, 6.45) is 5.49. The van der Waals surface area contributed by atoms with Crippen LogP contribution in [0.2, 0.25) is 0 Å². The quantitative estimate of drug-likeness (QED) is 0.726. The van der Waals surface area contributed by atoms with Crippen molar-refractivity contribution in [2.45, 2.75) is 31.7 Å². The fourth-order valence-electron chi connectivity index (χ4n) is 2.87. The van der Waals surface area contributed by atoms with Gasteiger partial charge in [0.1, 0.15) is 0 Å². The number of rotatable bonds is 3. The zero-order valence-corrected chi connectivity index (χ0v) is 9.12. The maximum Gasteiger partial charge on any atom is 0.236 e. The SMILES string of the molecule is CN(C)C(=O)CN[C@H]1C[C@H]2CC[C@H]1C2. The first-order valence-corrected chi connectivity index (χ1v) is 5.60. The molecule has 1 amide bonds. The minimum atomic E-state index is 0.188. The molecule has 2 aliphatic rings. The van der Waals surface area contributed by atoms with Crippen molar-refractivity contribution in [2.75, 3.05) is 20.6 Å². The standard InChI is InChI=1S/C11H20N2O/c1-13(2)11(14)7-12-10-6-8-3-4-9(10)5-8/h8-10,12H,3-7H2,1-2H3/t8-,9-,10-/m0/s1. The van der Waals surface area contributed by atoms with E-state index in [0.29, 0.717) is 12.6 Å². The zero-order valence-electron chi connectivity index (χ0n) is 9.12. The maximum absolute atomic E-state index is 11.4. The molecule has 80 valence electrons. The topological polar surface area (TPSA) is 32.3 Å². The second-order valence-electron chi connectivity index (χ2n) is 4.95. The summed E-state index contributed by atoms with van der Waals surface area (Å²) >= 11 is 0. The Kier molecular flexibility index (Phi) is 2.77. The first-order valence-electron chi connectivity index (χ1n) is 5.60. The van der Waals surface area contributed by atoms with Crippen LogP contribution in [-0.4, -0.2) is 37.5 Å². The van der Waals surface area contributed by atoms with E-state index in [2.05, 4.69) is 5.32 Å². The largest absolute Gasteiger partial charge is 0.348 e. The molecule has 3 nitrogen and oxygen atoms in total. The lowest BCUT2D eigenvalue weighted by molar-refractivity contribution is -0.127. The van der Waals surface area contributed by atoms with Gasteiger partial charge >= 0.3 is 0 Å². The van der Waals surface area contributed by atoms with E-state index < -0.39 is 0 Å². The second kappa shape index (κ2) is 3.89. The Morgan fingerprint density at radius 1 is 1.36 bits per heavy atom. The van der Waals surface area contributed by atoms with Gasteiger partial charge in [0, 0.05) is 20.1 Å². The van der Waals surface area contributed by atoms with E-state index in [0.717, 1.165) is 11.8 Å². The molecule has 2 rings (SSSR count). The molecule has 2 saturated carbocycles. The summed E-state index contributed by atoms with van der Waals surface area (Å²) in [5.41, 5.74) is 0. The van der Waals surface area contributed by atoms with Gasteiger partial charge in [-0.3, -0.25) is 4.79 Å². The molecule has 0 radical (unpaired) electrons. The molecule has 0 saturated heterocycles. The molecule has 1 N–H and O–H groups in total. The van der Waals surface area contributed by atoms with Crippen molar-refractivity contribution in [1.82, 2.24) is 10.2 Å². The number of hydrogen-bond acceptors (Lipinski definition) is 2. The van der Waals surface area contributed by atoms with Crippen molar-refractivity contribution in [3.05, 3.63) is 0 Å². The van der Waals surface area contributed by atoms with Crippen molar-refractivity contribution in [3.63, 3.8) is 0 Å². The summed E-state index contributed by atoms with van der Waals surface area (Å²) in [6, 6.07) is 0.623. The van der Waals surface area contributed by atoms with Gasteiger partial charge in [-0.1, -0.05) is 6.42 Å². The summed E-state index contributed by atoms with van der Waals surface area (Å²) in [6.45, 7) is 0.515. The number of nitrogens with zero attached hydrogens (tertiary/aromatic N) is 1. The van der Waals surface area contributed by atoms with Crippen molar-refractivity contribution in [2.24, 2.45) is 11.8 Å². The molecule has 0 heterocycles. The fraction of sp³-hybridized carbons (Fsp3) is 0.909. The third-order valence-electron chi connectivity index (χ3n) is 3.75. The number of amides is 1. The molecule has 2 fully saturated rings. The normalized spacial score (nSPS) is 34.9. The third kappa shape index (κ3) is 1.92. The van der Waals surface area contributed by atoms with Crippen molar-refractivity contribution >= 4 is 5.91 Å². The highest BCUT2D eigenvalue weighted by molar-refractivity contribution is 5.77. The lowest BCUT2D eigenvalue weighted by Crippen LogP contribution is -2.41. The van der Waals surface area contributed by atoms with Crippen LogP contribution >= 0.6 is 0 Å². The van der Waals surface area contributed by atoms with Crippen molar-refractivity contribution < 1.29 is 4.79 Å². The Hall–Kier alpha value is -0.570. The van der Waals surface area contributed by atoms with Crippen LogP contribution in [0.4, 0.5) is 0 Å². The van der Waals surface area contributed by atoms with Gasteiger partial charge in [0.05, 0.1) is 6.54 Å². The molecule has 3 atom stereocenters. The van der Waals surface area contributed by atoms with Crippen LogP contribution in [0.5, 0.6) is 0 Å². The van der Waals surface area contributed by atoms with Crippen LogP contribution in [0, 0.1) is 11.8 Å². The predicted octanol–water partition coefficient (Wildman–Crippen LogP) is 0.853. The molecule has 2 bridgehead atoms. The Bertz CT molecular complexity index is 227. The monoisotopic (exact) mass is 196 g/mol. The number of hydrogen-bond donors (Lipinski definition) is 1. The third-order valence-corrected chi connectivity index (χ3v) is 3.75. The Morgan fingerprint density at radius 3 is 2.64 bits per heavy atom. The van der Waals surface area contributed by atoms with Gasteiger partial charge in [0.2, 0.25) is 5.91 Å². The van der Waals surface area contributed by atoms with Crippen molar-refractivity contribution in [1.29, 1.82) is 0 Å². The molecular weight excluding hydrogens is 176 g/mol. The minimum Gasteiger partial charge on any atom is -0.348 e. The second-order valence-corrected chi connectivity index (χ2v) is 4.95. The molecule has 0 unspecified atom stereocenters. The number of fused-ring (bicyclic) bond motifs is 2. The first kappa shape index (κ1) is 9.97. The van der Waals surface area contributed by atoms with Gasteiger partial charge in [-0.05, 0) is 31.1 Å². The number of likely N-dealkylation sites (N-methyl/N-ethyl adjacent to an activating group) is 1. The average molecular weight is 196 g/mol. The van der Waals surface area contributed by atoms with Crippen LogP contribution in [0.1, 0.15) is 25.7 Å². The van der Waals surface area contributed by atoms with Gasteiger partial charge in [0.25, 0.3) is 0 Å². The van der Waals surface area contributed by atoms with E-state index in [1.807, 2.05) is 14.1 Å². The maximum atomic E-state index is 11.4. The molecule has 2 aliphatic carbocycles. The Labute approximate surface area is 85.8 Å². The Morgan fingerprint density at radius 2 is 2.14 bits per heavy atom. The molecule has 0 aliphatic heterocycles. The van der Waals surface area contributed by atoms with E-state index in [-0.39, 0.29) is 5.91 Å². The highest BCUT2D eigenvalue weighted by Gasteiger charge is 2.39. The fourth-order valence-corrected chi connectivity index (χ4v) is 2.87. The number of nitrogens with one attached hydrogen (secondary N) is 1. The highest BCUT2D eigenvalue weighted by Crippen LogP contribution is 2.44. The number of carbonyl (C=O) groups is 1. The van der Waals surface area contributed by atoms with Crippen LogP contribution in [0.15, 0.2) is 0 Å². The van der Waals surface area contributed by atoms with Gasteiger partial charge in [-0.15, -0.1) is 0 Å². The molecule has 3 heteroatoms. The van der Waals surface area contributed by atoms with E-state index in [4.69, 9.17) is 0 Å². The van der Waals surface area contributed by atoms with Gasteiger partial charge in [-0.2, -0.15) is 0 Å². The molecule has 0 aromatic rings. The molecule has 14 heavy (non-hydrogen) atoms. The molecule has 0 aromatic carbocycles. The van der Waals surface area contributed by atoms with Crippen molar-refractivity contribution in [3.8, 4) is 0 Å². The van der Waals surface area contributed by atoms with E-state index >= 15 is 0 Å². The van der Waals surface area contributed by atoms with Gasteiger partial charge in [0.15, 0.2) is 0 Å². The number of carbonyl (C=O) groups excluding carboxylic acids is 1. The van der Waals surface area contributed by atoms with Crippen LogP contribution < -0.4 is 5.32 Å². The van der Waals surface area contributed by atoms with E-state index in [9.17, 15) is 4.79 Å². The summed E-state index contributed by atoms with van der Waals surface area (Å²) in [5, 5.41) is 3.40. The Balaban J connectivity index is 1.74. The molecule has 0 aromatic heterocycles. The zero-order chi connectivity index (χ0) is 10.1. The van der Waals surface area contributed by atoms with E-state index in [1.165, 1.54) is 25.7 Å². The lowest BCUT2D eigenvalue weighted by Gasteiger charge is -2.23. The summed E-state index contributed by atoms with van der Waals surface area (Å²) < 4.78 is 0. The van der Waals surface area contributed by atoms with E-state index in [1.54, 1.807) is 4.90 Å². The predicted molar refractivity (Wildman–Crippen MR) is 55.9 cm³/mol. The molecule has 0 spiro atoms. The molecular formula is C11H20N2O. The average Bonchev–Trinajstić information content (AvgIpc) is 2.74. The summed E-state index contributed by atoms with van der Waals surface area (Å²) in [5.74, 6) is 2.00. The first-order chi connectivity index (χ1) is 6.66. The van der Waals surface area contributed by atoms with Crippen LogP contribution in [-0.2, 0) is 4.79 Å². The van der Waals surface area contributed by atoms with Crippen LogP contribution in [0.3, 0.4) is 0 Å². The van der Waals surface area contributed by atoms with Gasteiger partial charge in [-0.25, -0.2) is 0 Å². The van der Waals surface area contributed by atoms with Crippen LogP contribution in [0.25, 0.3) is 0 Å². The highest BCUT2D eigenvalue weighted by atomic mass is 16.2.